The summed E-state index contributed by atoms with van der Waals surface area (Å²) in [7, 11) is 0. The van der Waals surface area contributed by atoms with Crippen LogP contribution in [0.15, 0.2) is 24.5 Å². The smallest absolute Gasteiger partial charge is 0.0270 e. The molecule has 1 heterocycles. The van der Waals surface area contributed by atoms with Crippen LogP contribution in [-0.2, 0) is 6.42 Å². The second-order valence-corrected chi connectivity index (χ2v) is 1.89. The zero-order chi connectivity index (χ0) is 6.53. The molecule has 1 aromatic heterocycles. The lowest BCUT2D eigenvalue weighted by molar-refractivity contribution is 0.964. The molecule has 2 nitrogen and oxygen atoms in total. The highest BCUT2D eigenvalue weighted by Crippen LogP contribution is 1.94. The molecule has 1 aromatic rings. The summed E-state index contributed by atoms with van der Waals surface area (Å²) in [5.41, 5.74) is 6.60. The molecular formula is C7H12N2. The Morgan fingerprint density at radius 1 is 1.44 bits per heavy atom. The summed E-state index contributed by atoms with van der Waals surface area (Å²) in [4.78, 5) is 3.89. The zero-order valence-corrected chi connectivity index (χ0v) is 5.25. The van der Waals surface area contributed by atoms with Gasteiger partial charge in [-0.15, -0.1) is 0 Å². The van der Waals surface area contributed by atoms with Gasteiger partial charge in [-0.3, -0.25) is 4.98 Å². The summed E-state index contributed by atoms with van der Waals surface area (Å²) in [6.45, 7) is 0.712. The van der Waals surface area contributed by atoms with E-state index in [4.69, 9.17) is 5.73 Å². The van der Waals surface area contributed by atoms with Crippen LogP contribution in [0.2, 0.25) is 0 Å². The lowest BCUT2D eigenvalue weighted by Crippen LogP contribution is -2.02. The van der Waals surface area contributed by atoms with Crippen molar-refractivity contribution in [1.29, 1.82) is 0 Å². The van der Waals surface area contributed by atoms with Crippen LogP contribution in [0.4, 0.5) is 0 Å². The molecule has 0 aromatic carbocycles. The van der Waals surface area contributed by atoms with Crippen LogP contribution in [0.5, 0.6) is 0 Å². The molecule has 0 saturated heterocycles. The van der Waals surface area contributed by atoms with Crippen molar-refractivity contribution in [3.05, 3.63) is 30.1 Å². The molecule has 0 aliphatic carbocycles. The molecule has 2 N–H and O–H groups in total. The standard InChI is InChI=1S/C7H10N2.H2/c8-4-1-7-2-5-9-6-3-7;/h2-3,5-6H,1,4,8H2;1H. The predicted octanol–water partition coefficient (Wildman–Crippen LogP) is 0.829. The van der Waals surface area contributed by atoms with Crippen molar-refractivity contribution in [2.75, 3.05) is 6.54 Å². The van der Waals surface area contributed by atoms with E-state index in [1.807, 2.05) is 12.1 Å². The van der Waals surface area contributed by atoms with Crippen molar-refractivity contribution in [2.24, 2.45) is 5.73 Å². The molecule has 0 fully saturated rings. The number of rotatable bonds is 2. The molecule has 0 radical (unpaired) electrons. The van der Waals surface area contributed by atoms with Gasteiger partial charge in [0.05, 0.1) is 0 Å². The molecule has 0 amide bonds. The van der Waals surface area contributed by atoms with Crippen LogP contribution in [0.1, 0.15) is 6.99 Å². The van der Waals surface area contributed by atoms with Gasteiger partial charge in [0.2, 0.25) is 0 Å². The van der Waals surface area contributed by atoms with E-state index >= 15 is 0 Å². The van der Waals surface area contributed by atoms with E-state index in [2.05, 4.69) is 4.98 Å². The second-order valence-electron chi connectivity index (χ2n) is 1.89. The average molecular weight is 124 g/mol. The van der Waals surface area contributed by atoms with E-state index in [-0.39, 0.29) is 1.43 Å². The minimum atomic E-state index is 0. The quantitative estimate of drug-likeness (QED) is 0.634. The van der Waals surface area contributed by atoms with E-state index in [1.165, 1.54) is 5.56 Å². The summed E-state index contributed by atoms with van der Waals surface area (Å²) in [6, 6.07) is 3.96. The summed E-state index contributed by atoms with van der Waals surface area (Å²) >= 11 is 0. The van der Waals surface area contributed by atoms with Gasteiger partial charge in [-0.2, -0.15) is 0 Å². The van der Waals surface area contributed by atoms with Crippen LogP contribution in [0.3, 0.4) is 0 Å². The van der Waals surface area contributed by atoms with E-state index in [0.29, 0.717) is 6.54 Å². The van der Waals surface area contributed by atoms with Crippen LogP contribution in [0, 0.1) is 0 Å². The highest BCUT2D eigenvalue weighted by atomic mass is 14.6. The lowest BCUT2D eigenvalue weighted by Gasteiger charge is -1.93. The van der Waals surface area contributed by atoms with Crippen LogP contribution < -0.4 is 5.73 Å². The summed E-state index contributed by atoms with van der Waals surface area (Å²) in [5.74, 6) is 0. The van der Waals surface area contributed by atoms with Gasteiger partial charge in [-0.05, 0) is 30.7 Å². The third-order valence-corrected chi connectivity index (χ3v) is 1.18. The third kappa shape index (κ3) is 1.82. The van der Waals surface area contributed by atoms with Gasteiger partial charge in [0.25, 0.3) is 0 Å². The summed E-state index contributed by atoms with van der Waals surface area (Å²) in [6.07, 6.45) is 4.51. The van der Waals surface area contributed by atoms with Gasteiger partial charge >= 0.3 is 0 Å². The van der Waals surface area contributed by atoms with Gasteiger partial charge in [0, 0.05) is 13.8 Å². The fourth-order valence-corrected chi connectivity index (χ4v) is 0.716. The SMILES string of the molecule is NCCc1ccncc1.[HH]. The van der Waals surface area contributed by atoms with E-state index in [9.17, 15) is 0 Å². The molecule has 1 rings (SSSR count). The molecule has 0 unspecified atom stereocenters. The Morgan fingerprint density at radius 3 is 2.67 bits per heavy atom. The van der Waals surface area contributed by atoms with Crippen molar-refractivity contribution in [2.45, 2.75) is 6.42 Å². The number of hydrogen-bond acceptors (Lipinski definition) is 2. The minimum absolute atomic E-state index is 0. The molecule has 50 valence electrons. The Hall–Kier alpha value is -0.890. The Labute approximate surface area is 56.2 Å². The van der Waals surface area contributed by atoms with E-state index in [1.54, 1.807) is 12.4 Å². The minimum Gasteiger partial charge on any atom is -0.330 e. The predicted molar refractivity (Wildman–Crippen MR) is 39.1 cm³/mol. The molecule has 0 spiro atoms. The normalized spacial score (nSPS) is 9.44. The molecule has 2 heteroatoms. The molecule has 0 aliphatic heterocycles. The zero-order valence-electron chi connectivity index (χ0n) is 5.25. The Bertz CT molecular complexity index is 165. The van der Waals surface area contributed by atoms with E-state index in [0.717, 1.165) is 6.42 Å². The first-order chi connectivity index (χ1) is 4.43. The number of pyridine rings is 1. The maximum absolute atomic E-state index is 5.34. The molecule has 0 atom stereocenters. The Morgan fingerprint density at radius 2 is 2.11 bits per heavy atom. The van der Waals surface area contributed by atoms with Crippen molar-refractivity contribution in [3.63, 3.8) is 0 Å². The van der Waals surface area contributed by atoms with Gasteiger partial charge in [0.1, 0.15) is 0 Å². The first kappa shape index (κ1) is 6.23. The largest absolute Gasteiger partial charge is 0.330 e. The summed E-state index contributed by atoms with van der Waals surface area (Å²) in [5, 5.41) is 0. The highest BCUT2D eigenvalue weighted by molar-refractivity contribution is 5.09. The molecule has 9 heavy (non-hydrogen) atoms. The van der Waals surface area contributed by atoms with Crippen LogP contribution in [-0.4, -0.2) is 11.5 Å². The fraction of sp³-hybridized carbons (Fsp3) is 0.286. The molecule has 0 aliphatic rings. The average Bonchev–Trinajstić information content (AvgIpc) is 1.91. The molecule has 0 bridgehead atoms. The first-order valence-corrected chi connectivity index (χ1v) is 3.02. The van der Waals surface area contributed by atoms with Gasteiger partial charge in [0.15, 0.2) is 0 Å². The number of nitrogens with zero attached hydrogens (tertiary/aromatic N) is 1. The van der Waals surface area contributed by atoms with Crippen molar-refractivity contribution < 1.29 is 1.43 Å². The Balaban J connectivity index is 0.000000810. The van der Waals surface area contributed by atoms with Crippen molar-refractivity contribution in [1.82, 2.24) is 4.98 Å². The Kier molecular flexibility index (Phi) is 2.22. The lowest BCUT2D eigenvalue weighted by atomic mass is 10.2. The van der Waals surface area contributed by atoms with Gasteiger partial charge in [-0.1, -0.05) is 0 Å². The number of hydrogen-bond donors (Lipinski definition) is 1. The monoisotopic (exact) mass is 124 g/mol. The van der Waals surface area contributed by atoms with Gasteiger partial charge < -0.3 is 5.73 Å². The maximum Gasteiger partial charge on any atom is 0.0270 e. The highest BCUT2D eigenvalue weighted by Gasteiger charge is 1.85. The number of nitrogens with two attached hydrogens (primary N) is 1. The second kappa shape index (κ2) is 3.20. The van der Waals surface area contributed by atoms with E-state index < -0.39 is 0 Å². The van der Waals surface area contributed by atoms with Crippen LogP contribution >= 0.6 is 0 Å². The summed E-state index contributed by atoms with van der Waals surface area (Å²) < 4.78 is 0. The molecular weight excluding hydrogens is 112 g/mol. The van der Waals surface area contributed by atoms with Crippen molar-refractivity contribution in [3.8, 4) is 0 Å². The molecule has 0 saturated carbocycles. The first-order valence-electron chi connectivity index (χ1n) is 3.02. The number of aromatic nitrogens is 1. The topological polar surface area (TPSA) is 38.9 Å². The maximum atomic E-state index is 5.34. The van der Waals surface area contributed by atoms with Crippen molar-refractivity contribution >= 4 is 0 Å². The van der Waals surface area contributed by atoms with Gasteiger partial charge in [-0.25, -0.2) is 0 Å². The fourth-order valence-electron chi connectivity index (χ4n) is 0.716. The van der Waals surface area contributed by atoms with Crippen LogP contribution in [0.25, 0.3) is 0 Å². The third-order valence-electron chi connectivity index (χ3n) is 1.18.